The second-order valence-electron chi connectivity index (χ2n) is 4.87. The third kappa shape index (κ3) is 2.88. The van der Waals surface area contributed by atoms with Crippen LogP contribution in [0.25, 0.3) is 10.2 Å². The predicted molar refractivity (Wildman–Crippen MR) is 78.9 cm³/mol. The van der Waals surface area contributed by atoms with Crippen LogP contribution in [0.2, 0.25) is 0 Å². The summed E-state index contributed by atoms with van der Waals surface area (Å²) in [6.07, 6.45) is 1.53. The smallest absolute Gasteiger partial charge is 0.317 e. The molecule has 5 heteroatoms. The monoisotopic (exact) mass is 291 g/mol. The van der Waals surface area contributed by atoms with E-state index in [0.717, 1.165) is 10.2 Å². The summed E-state index contributed by atoms with van der Waals surface area (Å²) in [5, 5.41) is 1.93. The second kappa shape index (κ2) is 6.13. The van der Waals surface area contributed by atoms with Crippen LogP contribution >= 0.6 is 11.3 Å². The van der Waals surface area contributed by atoms with Crippen LogP contribution in [0.4, 0.5) is 0 Å². The molecule has 106 valence electrons. The van der Waals surface area contributed by atoms with E-state index in [4.69, 9.17) is 4.74 Å². The largest absolute Gasteiger partial charge is 0.465 e. The average Bonchev–Trinajstić information content (AvgIpc) is 2.85. The quantitative estimate of drug-likeness (QED) is 0.482. The van der Waals surface area contributed by atoms with E-state index >= 15 is 0 Å². The number of esters is 1. The van der Waals surface area contributed by atoms with E-state index in [1.807, 2.05) is 25.3 Å². The van der Waals surface area contributed by atoms with Gasteiger partial charge in [0.05, 0.1) is 16.8 Å². The fourth-order valence-electron chi connectivity index (χ4n) is 2.07. The standard InChI is InChI=1S/C15H17NO3S/c1-4-19-15(18)13(9(2)3)14(17)10-7-12-11(16-8-10)5-6-20-12/h5-9,13H,4H2,1-3H3. The van der Waals surface area contributed by atoms with Crippen molar-refractivity contribution < 1.29 is 14.3 Å². The Morgan fingerprint density at radius 2 is 2.15 bits per heavy atom. The Hall–Kier alpha value is -1.75. The maximum atomic E-state index is 12.5. The number of carbonyl (C=O) groups is 2. The third-order valence-corrected chi connectivity index (χ3v) is 3.93. The minimum atomic E-state index is -0.769. The first-order chi connectivity index (χ1) is 9.54. The number of aromatic nitrogens is 1. The molecule has 0 amide bonds. The van der Waals surface area contributed by atoms with Gasteiger partial charge in [-0.15, -0.1) is 11.3 Å². The number of nitrogens with zero attached hydrogens (tertiary/aromatic N) is 1. The molecule has 0 aliphatic carbocycles. The molecule has 0 aromatic carbocycles. The van der Waals surface area contributed by atoms with Crippen molar-refractivity contribution in [2.45, 2.75) is 20.8 Å². The summed E-state index contributed by atoms with van der Waals surface area (Å²) >= 11 is 1.53. The van der Waals surface area contributed by atoms with Crippen molar-refractivity contribution in [3.8, 4) is 0 Å². The number of Topliss-reactive ketones (excluding diaryl/α,β-unsaturated/α-hetero) is 1. The lowest BCUT2D eigenvalue weighted by atomic mass is 9.88. The molecule has 0 radical (unpaired) electrons. The molecule has 0 saturated carbocycles. The first-order valence-corrected chi connectivity index (χ1v) is 7.46. The topological polar surface area (TPSA) is 56.3 Å². The summed E-state index contributed by atoms with van der Waals surface area (Å²) in [6, 6.07) is 3.70. The highest BCUT2D eigenvalue weighted by molar-refractivity contribution is 7.17. The Labute approximate surface area is 121 Å². The minimum absolute atomic E-state index is 0.111. The number of ether oxygens (including phenoxy) is 1. The van der Waals surface area contributed by atoms with Gasteiger partial charge >= 0.3 is 5.97 Å². The van der Waals surface area contributed by atoms with E-state index in [-0.39, 0.29) is 18.3 Å². The number of carbonyl (C=O) groups excluding carboxylic acids is 2. The van der Waals surface area contributed by atoms with E-state index in [1.165, 1.54) is 17.5 Å². The number of fused-ring (bicyclic) bond motifs is 1. The molecule has 0 fully saturated rings. The van der Waals surface area contributed by atoms with Gasteiger partial charge in [-0.2, -0.15) is 0 Å². The highest BCUT2D eigenvalue weighted by Crippen LogP contribution is 2.24. The summed E-state index contributed by atoms with van der Waals surface area (Å²) in [5.74, 6) is -1.56. The number of pyridine rings is 1. The van der Waals surface area contributed by atoms with Crippen molar-refractivity contribution >= 4 is 33.3 Å². The zero-order chi connectivity index (χ0) is 14.7. The van der Waals surface area contributed by atoms with Gasteiger partial charge in [0.2, 0.25) is 0 Å². The van der Waals surface area contributed by atoms with Crippen LogP contribution in [0.5, 0.6) is 0 Å². The molecule has 2 aromatic rings. The van der Waals surface area contributed by atoms with Crippen LogP contribution in [0.15, 0.2) is 23.7 Å². The fraction of sp³-hybridized carbons (Fsp3) is 0.400. The SMILES string of the molecule is CCOC(=O)C(C(=O)c1cnc2ccsc2c1)C(C)C. The first-order valence-electron chi connectivity index (χ1n) is 6.58. The van der Waals surface area contributed by atoms with Gasteiger partial charge in [0.15, 0.2) is 5.78 Å². The van der Waals surface area contributed by atoms with Crippen molar-refractivity contribution in [2.75, 3.05) is 6.61 Å². The Morgan fingerprint density at radius 1 is 1.40 bits per heavy atom. The highest BCUT2D eigenvalue weighted by Gasteiger charge is 2.32. The molecule has 2 rings (SSSR count). The van der Waals surface area contributed by atoms with E-state index in [2.05, 4.69) is 4.98 Å². The Bertz CT molecular complexity index is 633. The van der Waals surface area contributed by atoms with Crippen LogP contribution in [0.1, 0.15) is 31.1 Å². The van der Waals surface area contributed by atoms with Crippen molar-refractivity contribution in [1.29, 1.82) is 0 Å². The van der Waals surface area contributed by atoms with E-state index in [9.17, 15) is 9.59 Å². The van der Waals surface area contributed by atoms with E-state index in [0.29, 0.717) is 5.56 Å². The maximum absolute atomic E-state index is 12.5. The van der Waals surface area contributed by atoms with Gasteiger partial charge in [0, 0.05) is 11.8 Å². The number of hydrogen-bond donors (Lipinski definition) is 0. The lowest BCUT2D eigenvalue weighted by Crippen LogP contribution is -2.30. The molecule has 2 heterocycles. The molecule has 1 atom stereocenters. The maximum Gasteiger partial charge on any atom is 0.317 e. The van der Waals surface area contributed by atoms with Crippen molar-refractivity contribution in [3.05, 3.63) is 29.3 Å². The third-order valence-electron chi connectivity index (χ3n) is 3.08. The van der Waals surface area contributed by atoms with Crippen LogP contribution in [0.3, 0.4) is 0 Å². The van der Waals surface area contributed by atoms with Gasteiger partial charge in [-0.3, -0.25) is 14.6 Å². The fourth-order valence-corrected chi connectivity index (χ4v) is 2.85. The molecular formula is C15H17NO3S. The molecule has 0 N–H and O–H groups in total. The number of ketones is 1. The van der Waals surface area contributed by atoms with Crippen molar-refractivity contribution in [3.63, 3.8) is 0 Å². The molecule has 2 aromatic heterocycles. The molecule has 0 aliphatic heterocycles. The minimum Gasteiger partial charge on any atom is -0.465 e. The molecule has 4 nitrogen and oxygen atoms in total. The summed E-state index contributed by atoms with van der Waals surface area (Å²) in [6.45, 7) is 5.70. The summed E-state index contributed by atoms with van der Waals surface area (Å²) in [5.41, 5.74) is 1.33. The van der Waals surface area contributed by atoms with Crippen LogP contribution in [-0.4, -0.2) is 23.3 Å². The second-order valence-corrected chi connectivity index (χ2v) is 5.81. The van der Waals surface area contributed by atoms with Crippen molar-refractivity contribution in [2.24, 2.45) is 11.8 Å². The number of hydrogen-bond acceptors (Lipinski definition) is 5. The molecule has 0 bridgehead atoms. The van der Waals surface area contributed by atoms with Gasteiger partial charge in [-0.25, -0.2) is 0 Å². The highest BCUT2D eigenvalue weighted by atomic mass is 32.1. The Balaban J connectivity index is 2.33. The summed E-state index contributed by atoms with van der Waals surface area (Å²) in [4.78, 5) is 28.7. The summed E-state index contributed by atoms with van der Waals surface area (Å²) in [7, 11) is 0. The number of thiophene rings is 1. The van der Waals surface area contributed by atoms with Crippen LogP contribution in [0, 0.1) is 11.8 Å². The number of rotatable bonds is 5. The van der Waals surface area contributed by atoms with Gasteiger partial charge in [0.1, 0.15) is 5.92 Å². The summed E-state index contributed by atoms with van der Waals surface area (Å²) < 4.78 is 5.95. The Morgan fingerprint density at radius 3 is 2.80 bits per heavy atom. The lowest BCUT2D eigenvalue weighted by Gasteiger charge is -2.17. The van der Waals surface area contributed by atoms with Gasteiger partial charge in [-0.1, -0.05) is 13.8 Å². The molecule has 0 saturated heterocycles. The molecule has 1 unspecified atom stereocenters. The van der Waals surface area contributed by atoms with Gasteiger partial charge < -0.3 is 4.74 Å². The molecular weight excluding hydrogens is 274 g/mol. The first kappa shape index (κ1) is 14.7. The predicted octanol–water partition coefficient (Wildman–Crippen LogP) is 3.31. The molecule has 0 spiro atoms. The van der Waals surface area contributed by atoms with E-state index < -0.39 is 11.9 Å². The van der Waals surface area contributed by atoms with Crippen LogP contribution < -0.4 is 0 Å². The van der Waals surface area contributed by atoms with Crippen molar-refractivity contribution in [1.82, 2.24) is 4.98 Å². The molecule has 0 aliphatic rings. The van der Waals surface area contributed by atoms with Crippen LogP contribution in [-0.2, 0) is 9.53 Å². The zero-order valence-corrected chi connectivity index (χ0v) is 12.6. The Kier molecular flexibility index (Phi) is 4.49. The normalized spacial score (nSPS) is 12.6. The average molecular weight is 291 g/mol. The molecule has 20 heavy (non-hydrogen) atoms. The lowest BCUT2D eigenvalue weighted by molar-refractivity contribution is -0.147. The van der Waals surface area contributed by atoms with Gasteiger partial charge in [-0.05, 0) is 30.4 Å². The van der Waals surface area contributed by atoms with E-state index in [1.54, 1.807) is 13.0 Å². The van der Waals surface area contributed by atoms with Gasteiger partial charge in [0.25, 0.3) is 0 Å². The zero-order valence-electron chi connectivity index (χ0n) is 11.8.